The van der Waals surface area contributed by atoms with Gasteiger partial charge in [-0.15, -0.1) is 0 Å². The van der Waals surface area contributed by atoms with E-state index < -0.39 is 20.0 Å². The fourth-order valence-corrected chi connectivity index (χ4v) is 7.22. The maximum absolute atomic E-state index is 13.3. The van der Waals surface area contributed by atoms with E-state index in [0.29, 0.717) is 38.2 Å². The lowest BCUT2D eigenvalue weighted by molar-refractivity contribution is 0.0985. The molecule has 1 saturated heterocycles. The molecule has 33 heavy (non-hydrogen) atoms. The van der Waals surface area contributed by atoms with Gasteiger partial charge in [0.2, 0.25) is 20.0 Å². The Balaban J connectivity index is 1.63. The van der Waals surface area contributed by atoms with Gasteiger partial charge in [-0.3, -0.25) is 4.79 Å². The van der Waals surface area contributed by atoms with Crippen LogP contribution in [0.2, 0.25) is 0 Å². The van der Waals surface area contributed by atoms with E-state index in [9.17, 15) is 21.6 Å². The summed E-state index contributed by atoms with van der Waals surface area (Å²) in [5.74, 6) is -0.312. The number of fused-ring (bicyclic) bond motifs is 1. The number of amides is 1. The SMILES string of the molecule is CC(C)NS(=O)(=O)c1cccc(C(=O)N2CCCc3cc(S(=O)(=O)N4CCCC4)ccc32)c1. The summed E-state index contributed by atoms with van der Waals surface area (Å²) < 4.78 is 55.0. The zero-order valence-electron chi connectivity index (χ0n) is 18.8. The molecule has 0 atom stereocenters. The number of benzene rings is 2. The van der Waals surface area contributed by atoms with Gasteiger partial charge in [-0.2, -0.15) is 4.31 Å². The molecule has 2 aliphatic heterocycles. The summed E-state index contributed by atoms with van der Waals surface area (Å²) in [6.07, 6.45) is 3.11. The largest absolute Gasteiger partial charge is 0.308 e. The lowest BCUT2D eigenvalue weighted by atomic mass is 10.0. The summed E-state index contributed by atoms with van der Waals surface area (Å²) in [6.45, 7) is 5.01. The molecule has 1 amide bonds. The normalized spacial score (nSPS) is 17.4. The molecule has 2 aromatic rings. The molecule has 10 heteroatoms. The average Bonchev–Trinajstić information content (AvgIpc) is 3.33. The van der Waals surface area contributed by atoms with Gasteiger partial charge in [0.05, 0.1) is 9.79 Å². The van der Waals surface area contributed by atoms with Gasteiger partial charge in [-0.25, -0.2) is 21.6 Å². The molecule has 2 aromatic carbocycles. The lowest BCUT2D eigenvalue weighted by Gasteiger charge is -2.30. The molecule has 4 rings (SSSR count). The van der Waals surface area contributed by atoms with Crippen molar-refractivity contribution in [2.24, 2.45) is 0 Å². The Morgan fingerprint density at radius 2 is 1.64 bits per heavy atom. The Kier molecular flexibility index (Phi) is 6.63. The van der Waals surface area contributed by atoms with Crippen LogP contribution in [0.5, 0.6) is 0 Å². The summed E-state index contributed by atoms with van der Waals surface area (Å²) in [7, 11) is -7.27. The van der Waals surface area contributed by atoms with Crippen molar-refractivity contribution in [1.29, 1.82) is 0 Å². The van der Waals surface area contributed by atoms with Gasteiger partial charge in [-0.05, 0) is 81.5 Å². The molecule has 0 radical (unpaired) electrons. The van der Waals surface area contributed by atoms with Crippen molar-refractivity contribution >= 4 is 31.6 Å². The van der Waals surface area contributed by atoms with Gasteiger partial charge in [0, 0.05) is 36.9 Å². The van der Waals surface area contributed by atoms with E-state index in [4.69, 9.17) is 0 Å². The molecular weight excluding hydrogens is 462 g/mol. The first kappa shape index (κ1) is 23.9. The van der Waals surface area contributed by atoms with E-state index in [1.165, 1.54) is 16.4 Å². The number of carbonyl (C=O) groups excluding carboxylic acids is 1. The Morgan fingerprint density at radius 3 is 2.33 bits per heavy atom. The van der Waals surface area contributed by atoms with Crippen LogP contribution in [0.3, 0.4) is 0 Å². The van der Waals surface area contributed by atoms with Crippen molar-refractivity contribution in [3.8, 4) is 0 Å². The average molecular weight is 492 g/mol. The second kappa shape index (κ2) is 9.17. The minimum atomic E-state index is -3.73. The Labute approximate surface area is 195 Å². The zero-order valence-corrected chi connectivity index (χ0v) is 20.5. The first-order valence-electron chi connectivity index (χ1n) is 11.2. The second-order valence-electron chi connectivity index (χ2n) is 8.77. The fourth-order valence-electron chi connectivity index (χ4n) is 4.35. The maximum atomic E-state index is 13.3. The number of sulfonamides is 2. The lowest BCUT2D eigenvalue weighted by Crippen LogP contribution is -2.36. The van der Waals surface area contributed by atoms with Gasteiger partial charge in [0.15, 0.2) is 0 Å². The van der Waals surface area contributed by atoms with E-state index in [-0.39, 0.29) is 27.3 Å². The van der Waals surface area contributed by atoms with Crippen LogP contribution in [0.15, 0.2) is 52.3 Å². The number of aryl methyl sites for hydroxylation is 1. The first-order chi connectivity index (χ1) is 15.6. The third kappa shape index (κ3) is 4.84. The van der Waals surface area contributed by atoms with Crippen molar-refractivity contribution < 1.29 is 21.6 Å². The summed E-state index contributed by atoms with van der Waals surface area (Å²) in [4.78, 5) is 15.2. The number of hydrogen-bond donors (Lipinski definition) is 1. The van der Waals surface area contributed by atoms with Crippen molar-refractivity contribution in [3.63, 3.8) is 0 Å². The van der Waals surface area contributed by atoms with Gasteiger partial charge in [0.25, 0.3) is 5.91 Å². The smallest absolute Gasteiger partial charge is 0.258 e. The van der Waals surface area contributed by atoms with Crippen LogP contribution in [0.1, 0.15) is 49.0 Å². The summed E-state index contributed by atoms with van der Waals surface area (Å²) in [5, 5.41) is 0. The van der Waals surface area contributed by atoms with Crippen molar-refractivity contribution in [1.82, 2.24) is 9.03 Å². The predicted molar refractivity (Wildman–Crippen MR) is 126 cm³/mol. The zero-order chi connectivity index (χ0) is 23.8. The molecule has 0 aliphatic carbocycles. The van der Waals surface area contributed by atoms with E-state index in [0.717, 1.165) is 18.4 Å². The van der Waals surface area contributed by atoms with Gasteiger partial charge < -0.3 is 4.90 Å². The molecule has 0 saturated carbocycles. The number of nitrogens with one attached hydrogen (secondary N) is 1. The Morgan fingerprint density at radius 1 is 0.909 bits per heavy atom. The van der Waals surface area contributed by atoms with Crippen LogP contribution < -0.4 is 9.62 Å². The predicted octanol–water partition coefficient (Wildman–Crippen LogP) is 2.75. The highest BCUT2D eigenvalue weighted by atomic mass is 32.2. The number of anilines is 1. The van der Waals surface area contributed by atoms with Gasteiger partial charge >= 0.3 is 0 Å². The van der Waals surface area contributed by atoms with Crippen LogP contribution in [0.25, 0.3) is 0 Å². The third-order valence-electron chi connectivity index (χ3n) is 5.90. The molecule has 0 unspecified atom stereocenters. The number of carbonyl (C=O) groups is 1. The standard InChI is InChI=1S/C23H29N3O5S2/c1-17(2)24-32(28,29)20-9-5-7-19(16-20)23(27)26-14-6-8-18-15-21(10-11-22(18)26)33(30,31)25-12-3-4-13-25/h5,7,9-11,15-17,24H,3-4,6,8,12-14H2,1-2H3. The molecule has 0 spiro atoms. The van der Waals surface area contributed by atoms with E-state index in [1.54, 1.807) is 49.1 Å². The number of nitrogens with zero attached hydrogens (tertiary/aromatic N) is 2. The molecule has 2 heterocycles. The minimum Gasteiger partial charge on any atom is -0.308 e. The second-order valence-corrected chi connectivity index (χ2v) is 12.4. The molecule has 1 fully saturated rings. The van der Waals surface area contributed by atoms with Crippen molar-refractivity contribution in [2.75, 3.05) is 24.5 Å². The maximum Gasteiger partial charge on any atom is 0.258 e. The van der Waals surface area contributed by atoms with Crippen molar-refractivity contribution in [2.45, 2.75) is 55.4 Å². The van der Waals surface area contributed by atoms with Crippen LogP contribution >= 0.6 is 0 Å². The van der Waals surface area contributed by atoms with Gasteiger partial charge in [-0.1, -0.05) is 6.07 Å². The van der Waals surface area contributed by atoms with Crippen LogP contribution in [-0.2, 0) is 26.5 Å². The third-order valence-corrected chi connectivity index (χ3v) is 9.45. The minimum absolute atomic E-state index is 0.0336. The van der Waals surface area contributed by atoms with E-state index in [2.05, 4.69) is 4.72 Å². The van der Waals surface area contributed by atoms with Crippen LogP contribution in [-0.4, -0.2) is 52.7 Å². The summed E-state index contributed by atoms with van der Waals surface area (Å²) in [6, 6.07) is 10.6. The fraction of sp³-hybridized carbons (Fsp3) is 0.435. The van der Waals surface area contributed by atoms with Crippen LogP contribution in [0, 0.1) is 0 Å². The summed E-state index contributed by atoms with van der Waals surface area (Å²) in [5.41, 5.74) is 1.74. The highest BCUT2D eigenvalue weighted by Crippen LogP contribution is 2.32. The highest BCUT2D eigenvalue weighted by molar-refractivity contribution is 7.89. The first-order valence-corrected chi connectivity index (χ1v) is 14.1. The Hall–Kier alpha value is -2.27. The quantitative estimate of drug-likeness (QED) is 0.669. The highest BCUT2D eigenvalue weighted by Gasteiger charge is 2.30. The topological polar surface area (TPSA) is 104 Å². The number of hydrogen-bond acceptors (Lipinski definition) is 5. The molecule has 8 nitrogen and oxygen atoms in total. The Bertz CT molecular complexity index is 1270. The molecule has 178 valence electrons. The molecule has 1 N–H and O–H groups in total. The van der Waals surface area contributed by atoms with E-state index in [1.807, 2.05) is 0 Å². The number of rotatable bonds is 6. The summed E-state index contributed by atoms with van der Waals surface area (Å²) >= 11 is 0. The molecule has 0 bridgehead atoms. The van der Waals surface area contributed by atoms with Gasteiger partial charge in [0.1, 0.15) is 0 Å². The molecular formula is C23H29N3O5S2. The molecule has 2 aliphatic rings. The molecule has 0 aromatic heterocycles. The monoisotopic (exact) mass is 491 g/mol. The van der Waals surface area contributed by atoms with Crippen molar-refractivity contribution in [3.05, 3.63) is 53.6 Å². The van der Waals surface area contributed by atoms with Crippen LogP contribution in [0.4, 0.5) is 5.69 Å². The van der Waals surface area contributed by atoms with E-state index >= 15 is 0 Å².